The van der Waals surface area contributed by atoms with Crippen molar-refractivity contribution in [2.24, 2.45) is 0 Å². The number of pyridine rings is 1. The molecule has 0 amide bonds. The summed E-state index contributed by atoms with van der Waals surface area (Å²) in [6.07, 6.45) is 5.67. The van der Waals surface area contributed by atoms with E-state index in [4.69, 9.17) is 9.47 Å². The summed E-state index contributed by atoms with van der Waals surface area (Å²) in [5.74, 6) is 0.910. The maximum Gasteiger partial charge on any atom is 0.126 e. The number of rotatable bonds is 6. The molecule has 0 aliphatic carbocycles. The second-order valence-corrected chi connectivity index (χ2v) is 4.58. The lowest BCUT2D eigenvalue weighted by Gasteiger charge is -2.22. The summed E-state index contributed by atoms with van der Waals surface area (Å²) in [5, 5.41) is 3.20. The molecule has 0 radical (unpaired) electrons. The Morgan fingerprint density at radius 3 is 3.22 bits per heavy atom. The molecule has 0 saturated carbocycles. The second kappa shape index (κ2) is 7.34. The van der Waals surface area contributed by atoms with Crippen LogP contribution in [0.15, 0.2) is 18.3 Å². The van der Waals surface area contributed by atoms with Gasteiger partial charge in [0.05, 0.1) is 19.3 Å². The first kappa shape index (κ1) is 13.3. The smallest absolute Gasteiger partial charge is 0.126 e. The molecule has 1 saturated heterocycles. The highest BCUT2D eigenvalue weighted by atomic mass is 16.5. The summed E-state index contributed by atoms with van der Waals surface area (Å²) in [6, 6.07) is 4.02. The Bertz CT molecular complexity index is 351. The highest BCUT2D eigenvalue weighted by molar-refractivity contribution is 5.36. The van der Waals surface area contributed by atoms with Crippen LogP contribution in [0.5, 0.6) is 0 Å². The third-order valence-electron chi connectivity index (χ3n) is 3.03. The van der Waals surface area contributed by atoms with Crippen LogP contribution >= 0.6 is 0 Å². The lowest BCUT2D eigenvalue weighted by molar-refractivity contribution is -0.0447. The van der Waals surface area contributed by atoms with Gasteiger partial charge in [-0.1, -0.05) is 0 Å². The Morgan fingerprint density at radius 2 is 2.44 bits per heavy atom. The minimum Gasteiger partial charge on any atom is -0.376 e. The van der Waals surface area contributed by atoms with Gasteiger partial charge in [-0.25, -0.2) is 4.98 Å². The molecule has 1 fully saturated rings. The molecule has 4 nitrogen and oxygen atoms in total. The molecule has 1 aliphatic rings. The zero-order chi connectivity index (χ0) is 12.6. The van der Waals surface area contributed by atoms with Crippen molar-refractivity contribution in [2.75, 3.05) is 25.1 Å². The Kier molecular flexibility index (Phi) is 5.42. The number of hydrogen-bond acceptors (Lipinski definition) is 4. The van der Waals surface area contributed by atoms with E-state index in [0.717, 1.165) is 31.0 Å². The van der Waals surface area contributed by atoms with Gasteiger partial charge in [0.25, 0.3) is 0 Å². The van der Waals surface area contributed by atoms with E-state index in [0.29, 0.717) is 13.2 Å². The van der Waals surface area contributed by atoms with Crippen LogP contribution in [0.2, 0.25) is 0 Å². The zero-order valence-electron chi connectivity index (χ0n) is 11.0. The van der Waals surface area contributed by atoms with Crippen molar-refractivity contribution in [1.29, 1.82) is 0 Å². The van der Waals surface area contributed by atoms with Crippen LogP contribution < -0.4 is 5.32 Å². The molecular weight excluding hydrogens is 228 g/mol. The van der Waals surface area contributed by atoms with Crippen LogP contribution in [0.4, 0.5) is 5.82 Å². The fraction of sp³-hybridized carbons (Fsp3) is 0.643. The predicted octanol–water partition coefficient (Wildman–Crippen LogP) is 2.60. The first-order chi connectivity index (χ1) is 8.88. The standard InChI is InChI=1S/C14H22N2O2/c1-2-15-14-9-12(6-7-16-14)10-17-11-13-5-3-4-8-18-13/h6-7,9,13H,2-5,8,10-11H2,1H3,(H,15,16). The number of hydrogen-bond donors (Lipinski definition) is 1. The maximum absolute atomic E-state index is 5.71. The molecule has 100 valence electrons. The summed E-state index contributed by atoms with van der Waals surface area (Å²) < 4.78 is 11.3. The molecule has 1 aromatic rings. The molecule has 2 heterocycles. The van der Waals surface area contributed by atoms with Crippen molar-refractivity contribution in [3.05, 3.63) is 23.9 Å². The van der Waals surface area contributed by atoms with Gasteiger partial charge in [-0.2, -0.15) is 0 Å². The van der Waals surface area contributed by atoms with E-state index >= 15 is 0 Å². The number of anilines is 1. The average Bonchev–Trinajstić information content (AvgIpc) is 2.41. The SMILES string of the molecule is CCNc1cc(COCC2CCCCO2)ccn1. The van der Waals surface area contributed by atoms with Gasteiger partial charge in [-0.15, -0.1) is 0 Å². The highest BCUT2D eigenvalue weighted by Crippen LogP contribution is 2.14. The Hall–Kier alpha value is -1.13. The van der Waals surface area contributed by atoms with Gasteiger partial charge >= 0.3 is 0 Å². The van der Waals surface area contributed by atoms with Crippen molar-refractivity contribution in [3.8, 4) is 0 Å². The van der Waals surface area contributed by atoms with Crippen molar-refractivity contribution < 1.29 is 9.47 Å². The van der Waals surface area contributed by atoms with Crippen molar-refractivity contribution in [2.45, 2.75) is 38.9 Å². The third kappa shape index (κ3) is 4.27. The number of nitrogens with zero attached hydrogens (tertiary/aromatic N) is 1. The monoisotopic (exact) mass is 250 g/mol. The third-order valence-corrected chi connectivity index (χ3v) is 3.03. The van der Waals surface area contributed by atoms with Gasteiger partial charge in [-0.3, -0.25) is 0 Å². The van der Waals surface area contributed by atoms with Crippen LogP contribution in [0, 0.1) is 0 Å². The van der Waals surface area contributed by atoms with Crippen LogP contribution in [-0.2, 0) is 16.1 Å². The van der Waals surface area contributed by atoms with E-state index in [1.807, 2.05) is 18.3 Å². The molecular formula is C14H22N2O2. The van der Waals surface area contributed by atoms with Crippen molar-refractivity contribution in [3.63, 3.8) is 0 Å². The van der Waals surface area contributed by atoms with Crippen LogP contribution in [0.25, 0.3) is 0 Å². The molecule has 1 unspecified atom stereocenters. The normalized spacial score (nSPS) is 19.7. The molecule has 0 spiro atoms. The van der Waals surface area contributed by atoms with Crippen molar-refractivity contribution in [1.82, 2.24) is 4.98 Å². The molecule has 1 N–H and O–H groups in total. The van der Waals surface area contributed by atoms with E-state index in [1.165, 1.54) is 12.8 Å². The zero-order valence-corrected chi connectivity index (χ0v) is 11.0. The average molecular weight is 250 g/mol. The van der Waals surface area contributed by atoms with Crippen molar-refractivity contribution >= 4 is 5.82 Å². The molecule has 0 bridgehead atoms. The van der Waals surface area contributed by atoms with Crippen LogP contribution in [0.1, 0.15) is 31.7 Å². The number of aromatic nitrogens is 1. The second-order valence-electron chi connectivity index (χ2n) is 4.58. The fourth-order valence-corrected chi connectivity index (χ4v) is 2.09. The molecule has 0 aromatic carbocycles. The molecule has 4 heteroatoms. The summed E-state index contributed by atoms with van der Waals surface area (Å²) in [7, 11) is 0. The van der Waals surface area contributed by atoms with Gasteiger partial charge in [-0.05, 0) is 43.9 Å². The first-order valence-electron chi connectivity index (χ1n) is 6.76. The van der Waals surface area contributed by atoms with Gasteiger partial charge < -0.3 is 14.8 Å². The molecule has 1 atom stereocenters. The van der Waals surface area contributed by atoms with E-state index < -0.39 is 0 Å². The molecule has 2 rings (SSSR count). The predicted molar refractivity (Wildman–Crippen MR) is 71.6 cm³/mol. The summed E-state index contributed by atoms with van der Waals surface area (Å²) in [4.78, 5) is 4.24. The highest BCUT2D eigenvalue weighted by Gasteiger charge is 2.13. The molecule has 18 heavy (non-hydrogen) atoms. The number of ether oxygens (including phenoxy) is 2. The Morgan fingerprint density at radius 1 is 1.50 bits per heavy atom. The lowest BCUT2D eigenvalue weighted by atomic mass is 10.1. The minimum atomic E-state index is 0.286. The quantitative estimate of drug-likeness (QED) is 0.842. The topological polar surface area (TPSA) is 43.4 Å². The van der Waals surface area contributed by atoms with E-state index in [9.17, 15) is 0 Å². The Balaban J connectivity index is 1.73. The van der Waals surface area contributed by atoms with Gasteiger partial charge in [0.2, 0.25) is 0 Å². The van der Waals surface area contributed by atoms with Gasteiger partial charge in [0.15, 0.2) is 0 Å². The largest absolute Gasteiger partial charge is 0.376 e. The molecule has 1 aliphatic heterocycles. The van der Waals surface area contributed by atoms with E-state index in [-0.39, 0.29) is 6.10 Å². The van der Waals surface area contributed by atoms with Gasteiger partial charge in [0, 0.05) is 19.3 Å². The lowest BCUT2D eigenvalue weighted by Crippen LogP contribution is -2.24. The minimum absolute atomic E-state index is 0.286. The number of nitrogens with one attached hydrogen (secondary N) is 1. The fourth-order valence-electron chi connectivity index (χ4n) is 2.09. The van der Waals surface area contributed by atoms with Gasteiger partial charge in [0.1, 0.15) is 5.82 Å². The summed E-state index contributed by atoms with van der Waals surface area (Å²) in [6.45, 7) is 5.14. The summed E-state index contributed by atoms with van der Waals surface area (Å²) >= 11 is 0. The van der Waals surface area contributed by atoms with E-state index in [1.54, 1.807) is 0 Å². The first-order valence-corrected chi connectivity index (χ1v) is 6.76. The Labute approximate surface area is 109 Å². The molecule has 1 aromatic heterocycles. The van der Waals surface area contributed by atoms with Crippen LogP contribution in [0.3, 0.4) is 0 Å². The van der Waals surface area contributed by atoms with Crippen LogP contribution in [-0.4, -0.2) is 30.8 Å². The van der Waals surface area contributed by atoms with E-state index in [2.05, 4.69) is 17.2 Å². The maximum atomic E-state index is 5.71. The summed E-state index contributed by atoms with van der Waals surface area (Å²) in [5.41, 5.74) is 1.15.